The molecule has 2 rings (SSSR count). The lowest BCUT2D eigenvalue weighted by molar-refractivity contribution is -0.0958. The van der Waals surface area contributed by atoms with Crippen molar-refractivity contribution in [1.82, 2.24) is 5.17 Å². The summed E-state index contributed by atoms with van der Waals surface area (Å²) in [6, 6.07) is 9.36. The minimum Gasteiger partial charge on any atom is -0.389 e. The largest absolute Gasteiger partial charge is 0.389 e. The number of hydrogen-bond donors (Lipinski definition) is 1. The van der Waals surface area contributed by atoms with Crippen LogP contribution in [0.2, 0.25) is 0 Å². The molecule has 1 fully saturated rings. The zero-order valence-corrected chi connectivity index (χ0v) is 6.51. The molecule has 2 N–H and O–H groups in total. The van der Waals surface area contributed by atoms with Gasteiger partial charge in [-0.25, -0.2) is 5.84 Å². The van der Waals surface area contributed by atoms with Gasteiger partial charge in [0.15, 0.2) is 6.23 Å². The number of nitrogens with zero attached hydrogens (tertiary/aromatic N) is 1. The number of benzene rings is 1. The van der Waals surface area contributed by atoms with Gasteiger partial charge >= 0.3 is 0 Å². The summed E-state index contributed by atoms with van der Waals surface area (Å²) in [7, 11) is 0. The number of hydrogen-bond acceptors (Lipinski definition) is 4. The highest BCUT2D eigenvalue weighted by molar-refractivity contribution is 5.20. The molecule has 0 radical (unpaired) electrons. The Bertz CT molecular complexity index is 248. The molecule has 1 aliphatic heterocycles. The van der Waals surface area contributed by atoms with Gasteiger partial charge in [-0.1, -0.05) is 18.2 Å². The zero-order chi connectivity index (χ0) is 8.39. The highest BCUT2D eigenvalue weighted by atomic mass is 16.8. The molecular weight excluding hydrogens is 156 g/mol. The van der Waals surface area contributed by atoms with Crippen molar-refractivity contribution in [3.8, 4) is 5.75 Å². The molecule has 1 unspecified atom stereocenters. The first-order chi connectivity index (χ1) is 5.86. The maximum Gasteiger partial charge on any atom is 0.182 e. The Morgan fingerprint density at radius 3 is 2.67 bits per heavy atom. The van der Waals surface area contributed by atoms with E-state index in [4.69, 9.17) is 15.4 Å². The molecule has 12 heavy (non-hydrogen) atoms. The molecule has 0 bridgehead atoms. The summed E-state index contributed by atoms with van der Waals surface area (Å²) < 4.78 is 4.92. The second-order valence-corrected chi connectivity index (χ2v) is 2.55. The fourth-order valence-corrected chi connectivity index (χ4v) is 0.852. The molecule has 0 amide bonds. The van der Waals surface area contributed by atoms with Crippen molar-refractivity contribution in [2.75, 3.05) is 6.61 Å². The van der Waals surface area contributed by atoms with Gasteiger partial charge in [-0.05, 0) is 17.3 Å². The zero-order valence-electron chi connectivity index (χ0n) is 6.51. The van der Waals surface area contributed by atoms with Gasteiger partial charge in [-0.3, -0.25) is 0 Å². The lowest BCUT2D eigenvalue weighted by atomic mass is 10.3. The van der Waals surface area contributed by atoms with Gasteiger partial charge in [-0.2, -0.15) is 0 Å². The standard InChI is InChI=1S/C8H10N2O2/c9-10(8-6-11-8)12-7-4-2-1-3-5-7/h1-5,8H,6,9H2. The Balaban J connectivity index is 1.94. The fourth-order valence-electron chi connectivity index (χ4n) is 0.852. The third-order valence-corrected chi connectivity index (χ3v) is 1.55. The minimum atomic E-state index is -0.0785. The van der Waals surface area contributed by atoms with Crippen LogP contribution in [-0.2, 0) is 4.74 Å². The van der Waals surface area contributed by atoms with Crippen molar-refractivity contribution in [3.05, 3.63) is 30.3 Å². The summed E-state index contributed by atoms with van der Waals surface area (Å²) in [6.45, 7) is 0.642. The first kappa shape index (κ1) is 7.54. The quantitative estimate of drug-likeness (QED) is 0.404. The molecule has 64 valence electrons. The predicted octanol–water partition coefficient (Wildman–Crippen LogP) is 0.512. The van der Waals surface area contributed by atoms with Gasteiger partial charge in [0.1, 0.15) is 5.75 Å². The van der Waals surface area contributed by atoms with Crippen LogP contribution in [0.1, 0.15) is 0 Å². The van der Waals surface area contributed by atoms with Crippen LogP contribution in [0.15, 0.2) is 30.3 Å². The molecule has 1 atom stereocenters. The van der Waals surface area contributed by atoms with E-state index in [-0.39, 0.29) is 6.23 Å². The van der Waals surface area contributed by atoms with E-state index >= 15 is 0 Å². The van der Waals surface area contributed by atoms with Gasteiger partial charge < -0.3 is 9.57 Å². The number of epoxide rings is 1. The Morgan fingerprint density at radius 2 is 2.08 bits per heavy atom. The summed E-state index contributed by atoms with van der Waals surface area (Å²) in [5.74, 6) is 6.22. The van der Waals surface area contributed by atoms with Crippen molar-refractivity contribution >= 4 is 0 Å². The predicted molar refractivity (Wildman–Crippen MR) is 42.8 cm³/mol. The summed E-state index contributed by atoms with van der Waals surface area (Å²) in [4.78, 5) is 5.22. The van der Waals surface area contributed by atoms with E-state index in [2.05, 4.69) is 0 Å². The monoisotopic (exact) mass is 166 g/mol. The molecule has 4 nitrogen and oxygen atoms in total. The number of hydroxylamine groups is 1. The molecule has 0 aliphatic carbocycles. The number of ether oxygens (including phenoxy) is 1. The van der Waals surface area contributed by atoms with Crippen LogP contribution >= 0.6 is 0 Å². The Hall–Kier alpha value is -1.10. The van der Waals surface area contributed by atoms with Crippen LogP contribution < -0.4 is 10.7 Å². The topological polar surface area (TPSA) is 51.0 Å². The first-order valence-corrected chi connectivity index (χ1v) is 3.75. The minimum absolute atomic E-state index is 0.0785. The lowest BCUT2D eigenvalue weighted by Crippen LogP contribution is -2.37. The smallest absolute Gasteiger partial charge is 0.182 e. The second-order valence-electron chi connectivity index (χ2n) is 2.55. The SMILES string of the molecule is NN(Oc1ccccc1)C1CO1. The average Bonchev–Trinajstić information content (AvgIpc) is 2.88. The van der Waals surface area contributed by atoms with Crippen molar-refractivity contribution in [1.29, 1.82) is 0 Å². The third kappa shape index (κ3) is 1.73. The van der Waals surface area contributed by atoms with Gasteiger partial charge in [0.2, 0.25) is 0 Å². The van der Waals surface area contributed by atoms with Crippen molar-refractivity contribution in [3.63, 3.8) is 0 Å². The summed E-state index contributed by atoms with van der Waals surface area (Å²) >= 11 is 0. The highest BCUT2D eigenvalue weighted by Crippen LogP contribution is 2.15. The van der Waals surface area contributed by atoms with Crippen LogP contribution in [0, 0.1) is 0 Å². The van der Waals surface area contributed by atoms with E-state index in [0.717, 1.165) is 5.75 Å². The van der Waals surface area contributed by atoms with E-state index in [1.54, 1.807) is 0 Å². The molecule has 1 aromatic rings. The van der Waals surface area contributed by atoms with E-state index in [0.29, 0.717) is 6.61 Å². The molecular formula is C8H10N2O2. The van der Waals surface area contributed by atoms with Gasteiger partial charge in [0, 0.05) is 0 Å². The molecule has 1 aliphatic rings. The number of nitrogens with two attached hydrogens (primary N) is 1. The normalized spacial score (nSPS) is 21.0. The van der Waals surface area contributed by atoms with Crippen molar-refractivity contribution < 1.29 is 9.57 Å². The van der Waals surface area contributed by atoms with Crippen LogP contribution in [0.25, 0.3) is 0 Å². The van der Waals surface area contributed by atoms with E-state index in [1.807, 2.05) is 30.3 Å². The molecule has 0 spiro atoms. The van der Waals surface area contributed by atoms with Gasteiger partial charge in [-0.15, -0.1) is 0 Å². The van der Waals surface area contributed by atoms with Crippen molar-refractivity contribution in [2.45, 2.75) is 6.23 Å². The summed E-state index contributed by atoms with van der Waals surface area (Å²) in [5.41, 5.74) is 0. The Morgan fingerprint density at radius 1 is 1.42 bits per heavy atom. The van der Waals surface area contributed by atoms with Crippen molar-refractivity contribution in [2.24, 2.45) is 5.84 Å². The van der Waals surface area contributed by atoms with Crippen LogP contribution in [0.3, 0.4) is 0 Å². The van der Waals surface area contributed by atoms with Crippen LogP contribution in [-0.4, -0.2) is 18.0 Å². The van der Waals surface area contributed by atoms with E-state index in [1.165, 1.54) is 5.17 Å². The van der Waals surface area contributed by atoms with E-state index < -0.39 is 0 Å². The maximum atomic E-state index is 5.50. The molecule has 0 saturated carbocycles. The first-order valence-electron chi connectivity index (χ1n) is 3.75. The highest BCUT2D eigenvalue weighted by Gasteiger charge is 2.30. The van der Waals surface area contributed by atoms with E-state index in [9.17, 15) is 0 Å². The van der Waals surface area contributed by atoms with Crippen LogP contribution in [0.5, 0.6) is 5.75 Å². The lowest BCUT2D eigenvalue weighted by Gasteiger charge is -2.13. The number of para-hydroxylation sites is 1. The molecule has 1 heterocycles. The molecule has 1 aromatic carbocycles. The van der Waals surface area contributed by atoms with Gasteiger partial charge in [0.05, 0.1) is 6.61 Å². The Kier molecular flexibility index (Phi) is 1.95. The molecule has 4 heteroatoms. The Labute approximate surface area is 70.4 Å². The number of hydrazine groups is 1. The maximum absolute atomic E-state index is 5.50. The number of rotatable bonds is 3. The third-order valence-electron chi connectivity index (χ3n) is 1.55. The fraction of sp³-hybridized carbons (Fsp3) is 0.250. The summed E-state index contributed by atoms with van der Waals surface area (Å²) in [6.07, 6.45) is -0.0785. The van der Waals surface area contributed by atoms with Gasteiger partial charge in [0.25, 0.3) is 0 Å². The molecule has 0 aromatic heterocycles. The second kappa shape index (κ2) is 3.10. The van der Waals surface area contributed by atoms with Crippen LogP contribution in [0.4, 0.5) is 0 Å². The summed E-state index contributed by atoms with van der Waals surface area (Å²) in [5, 5.41) is 1.22. The molecule has 1 saturated heterocycles. The average molecular weight is 166 g/mol.